The number of amides is 1. The maximum absolute atomic E-state index is 13.0. The maximum atomic E-state index is 13.0. The number of nitrogens with zero attached hydrogens (tertiary/aromatic N) is 3. The van der Waals surface area contributed by atoms with Gasteiger partial charge in [0.15, 0.2) is 0 Å². The van der Waals surface area contributed by atoms with Crippen molar-refractivity contribution in [1.29, 1.82) is 0 Å². The molecule has 1 saturated heterocycles. The quantitative estimate of drug-likeness (QED) is 0.857. The molecule has 23 heavy (non-hydrogen) atoms. The normalized spacial score (nSPS) is 23.6. The van der Waals surface area contributed by atoms with Crippen LogP contribution in [-0.4, -0.2) is 52.4 Å². The summed E-state index contributed by atoms with van der Waals surface area (Å²) >= 11 is 0. The molecule has 4 nitrogen and oxygen atoms in total. The third-order valence-corrected chi connectivity index (χ3v) is 5.85. The van der Waals surface area contributed by atoms with Gasteiger partial charge in [0.25, 0.3) is 0 Å². The third kappa shape index (κ3) is 3.42. The van der Waals surface area contributed by atoms with E-state index >= 15 is 0 Å². The van der Waals surface area contributed by atoms with Gasteiger partial charge in [-0.25, -0.2) is 0 Å². The van der Waals surface area contributed by atoms with Gasteiger partial charge in [-0.3, -0.25) is 9.78 Å². The Morgan fingerprint density at radius 2 is 2.13 bits per heavy atom. The molecule has 2 heterocycles. The lowest BCUT2D eigenvalue weighted by Crippen LogP contribution is -2.49. The highest BCUT2D eigenvalue weighted by molar-refractivity contribution is 5.79. The Bertz CT molecular complexity index is 525. The lowest BCUT2D eigenvalue weighted by Gasteiger charge is -2.41. The maximum Gasteiger partial charge on any atom is 0.229 e. The molecule has 0 radical (unpaired) electrons. The minimum atomic E-state index is 0.109. The molecule has 1 aromatic heterocycles. The topological polar surface area (TPSA) is 36.4 Å². The zero-order valence-corrected chi connectivity index (χ0v) is 14.5. The molecule has 0 unspecified atom stereocenters. The minimum Gasteiger partial charge on any atom is -0.335 e. The number of pyridine rings is 1. The molecule has 1 aromatic rings. The molecule has 1 aliphatic carbocycles. The predicted molar refractivity (Wildman–Crippen MR) is 92.2 cm³/mol. The summed E-state index contributed by atoms with van der Waals surface area (Å²) in [6, 6.07) is 6.32. The fourth-order valence-electron chi connectivity index (χ4n) is 4.37. The van der Waals surface area contributed by atoms with Crippen LogP contribution in [0, 0.1) is 0 Å². The van der Waals surface area contributed by atoms with Crippen molar-refractivity contribution in [2.45, 2.75) is 63.5 Å². The minimum absolute atomic E-state index is 0.109. The predicted octanol–water partition coefficient (Wildman–Crippen LogP) is 2.88. The largest absolute Gasteiger partial charge is 0.335 e. The summed E-state index contributed by atoms with van der Waals surface area (Å²) in [5.41, 5.74) is 0.994. The van der Waals surface area contributed by atoms with Crippen LogP contribution in [0.2, 0.25) is 0 Å². The van der Waals surface area contributed by atoms with Crippen LogP contribution in [0.3, 0.4) is 0 Å². The van der Waals surface area contributed by atoms with Crippen molar-refractivity contribution in [3.8, 4) is 0 Å². The molecule has 0 aromatic carbocycles. The Morgan fingerprint density at radius 1 is 1.35 bits per heavy atom. The summed E-state index contributed by atoms with van der Waals surface area (Å²) in [6.07, 6.45) is 9.54. The van der Waals surface area contributed by atoms with Crippen molar-refractivity contribution in [2.24, 2.45) is 0 Å². The van der Waals surface area contributed by atoms with Gasteiger partial charge in [-0.2, -0.15) is 0 Å². The highest BCUT2D eigenvalue weighted by Crippen LogP contribution is 2.43. The van der Waals surface area contributed by atoms with Gasteiger partial charge in [0, 0.05) is 30.0 Å². The molecule has 126 valence electrons. The van der Waals surface area contributed by atoms with Crippen LogP contribution in [0.1, 0.15) is 51.1 Å². The molecule has 3 rings (SSSR count). The summed E-state index contributed by atoms with van der Waals surface area (Å²) in [5.74, 6) is 0.262. The van der Waals surface area contributed by atoms with Crippen LogP contribution in [-0.2, 0) is 11.2 Å². The van der Waals surface area contributed by atoms with Crippen LogP contribution in [0.5, 0.6) is 0 Å². The van der Waals surface area contributed by atoms with E-state index in [1.165, 1.54) is 32.1 Å². The number of likely N-dealkylation sites (N-methyl/N-ethyl adjacent to an activating group) is 1. The molecular formula is C19H29N3O. The van der Waals surface area contributed by atoms with Crippen molar-refractivity contribution in [3.05, 3.63) is 30.1 Å². The fourth-order valence-corrected chi connectivity index (χ4v) is 4.37. The smallest absolute Gasteiger partial charge is 0.229 e. The average Bonchev–Trinajstić information content (AvgIpc) is 2.94. The van der Waals surface area contributed by atoms with E-state index in [2.05, 4.69) is 28.8 Å². The zero-order valence-electron chi connectivity index (χ0n) is 14.5. The number of hydrogen-bond donors (Lipinski definition) is 0. The van der Waals surface area contributed by atoms with Gasteiger partial charge in [0.1, 0.15) is 0 Å². The lowest BCUT2D eigenvalue weighted by atomic mass is 9.79. The molecule has 1 atom stereocenters. The second-order valence-corrected chi connectivity index (χ2v) is 7.22. The number of likely N-dealkylation sites (tertiary alicyclic amines) is 1. The van der Waals surface area contributed by atoms with E-state index in [4.69, 9.17) is 0 Å². The van der Waals surface area contributed by atoms with Crippen molar-refractivity contribution < 1.29 is 4.79 Å². The molecule has 0 bridgehead atoms. The molecule has 2 fully saturated rings. The number of hydrogen-bond acceptors (Lipinski definition) is 3. The van der Waals surface area contributed by atoms with Gasteiger partial charge in [-0.1, -0.05) is 32.3 Å². The number of carbonyl (C=O) groups excluding carboxylic acids is 1. The van der Waals surface area contributed by atoms with Gasteiger partial charge in [0.2, 0.25) is 5.91 Å². The van der Waals surface area contributed by atoms with Crippen LogP contribution in [0.15, 0.2) is 24.4 Å². The van der Waals surface area contributed by atoms with Gasteiger partial charge < -0.3 is 9.80 Å². The van der Waals surface area contributed by atoms with E-state index in [0.717, 1.165) is 25.2 Å². The Kier molecular flexibility index (Phi) is 5.00. The molecule has 2 aliphatic rings. The molecule has 1 spiro atoms. The highest BCUT2D eigenvalue weighted by atomic mass is 16.2. The van der Waals surface area contributed by atoms with Gasteiger partial charge in [-0.15, -0.1) is 0 Å². The zero-order chi connectivity index (χ0) is 16.3. The molecule has 0 N–H and O–H groups in total. The highest BCUT2D eigenvalue weighted by Gasteiger charge is 2.48. The first-order valence-electron chi connectivity index (χ1n) is 9.05. The summed E-state index contributed by atoms with van der Waals surface area (Å²) in [7, 11) is 2.19. The van der Waals surface area contributed by atoms with Crippen LogP contribution in [0.25, 0.3) is 0 Å². The lowest BCUT2D eigenvalue weighted by molar-refractivity contribution is -0.135. The standard InChI is InChI=1S/C19H29N3O/c1-3-21(2)17-14-19(10-6-4-7-11-19)22(15-17)18(23)13-16-9-5-8-12-20-16/h5,8-9,12,17H,3-4,6-7,10-11,13-15H2,1-2H3/t17-/m1/s1. The van der Waals surface area contributed by atoms with Crippen LogP contribution < -0.4 is 0 Å². The Morgan fingerprint density at radius 3 is 2.78 bits per heavy atom. The first-order valence-corrected chi connectivity index (χ1v) is 9.05. The third-order valence-electron chi connectivity index (χ3n) is 5.85. The molecule has 1 aliphatic heterocycles. The van der Waals surface area contributed by atoms with Gasteiger partial charge in [-0.05, 0) is 45.0 Å². The fraction of sp³-hybridized carbons (Fsp3) is 0.684. The summed E-state index contributed by atoms with van der Waals surface area (Å²) < 4.78 is 0. The molecule has 4 heteroatoms. The molecular weight excluding hydrogens is 286 g/mol. The van der Waals surface area contributed by atoms with Crippen molar-refractivity contribution in [1.82, 2.24) is 14.8 Å². The Labute approximate surface area is 139 Å². The van der Waals surface area contributed by atoms with Crippen molar-refractivity contribution in [2.75, 3.05) is 20.1 Å². The first kappa shape index (κ1) is 16.4. The molecule has 1 amide bonds. The average molecular weight is 315 g/mol. The second-order valence-electron chi connectivity index (χ2n) is 7.22. The van der Waals surface area contributed by atoms with E-state index < -0.39 is 0 Å². The van der Waals surface area contributed by atoms with E-state index in [0.29, 0.717) is 12.5 Å². The van der Waals surface area contributed by atoms with Crippen LogP contribution in [0.4, 0.5) is 0 Å². The number of aromatic nitrogens is 1. The number of carbonyl (C=O) groups is 1. The van der Waals surface area contributed by atoms with Crippen molar-refractivity contribution in [3.63, 3.8) is 0 Å². The van der Waals surface area contributed by atoms with E-state index in [1.54, 1.807) is 6.20 Å². The van der Waals surface area contributed by atoms with E-state index in [1.807, 2.05) is 18.2 Å². The Hall–Kier alpha value is -1.42. The van der Waals surface area contributed by atoms with E-state index in [-0.39, 0.29) is 11.4 Å². The monoisotopic (exact) mass is 315 g/mol. The molecule has 1 saturated carbocycles. The first-order chi connectivity index (χ1) is 11.1. The second kappa shape index (κ2) is 7.00. The summed E-state index contributed by atoms with van der Waals surface area (Å²) in [4.78, 5) is 22.0. The van der Waals surface area contributed by atoms with Gasteiger partial charge in [0.05, 0.1) is 6.42 Å². The van der Waals surface area contributed by atoms with Crippen LogP contribution >= 0.6 is 0 Å². The SMILES string of the molecule is CCN(C)[C@H]1CN(C(=O)Cc2ccccn2)C2(CCCCC2)C1. The van der Waals surface area contributed by atoms with Gasteiger partial charge >= 0.3 is 0 Å². The van der Waals surface area contributed by atoms with Crippen molar-refractivity contribution >= 4 is 5.91 Å². The Balaban J connectivity index is 1.77. The summed E-state index contributed by atoms with van der Waals surface area (Å²) in [5, 5.41) is 0. The summed E-state index contributed by atoms with van der Waals surface area (Å²) in [6.45, 7) is 4.13. The van der Waals surface area contributed by atoms with E-state index in [9.17, 15) is 4.79 Å². The number of rotatable bonds is 4.